The van der Waals surface area contributed by atoms with Crippen LogP contribution in [0, 0.1) is 0 Å². The molecule has 0 aliphatic rings. The third kappa shape index (κ3) is 3.77. The van der Waals surface area contributed by atoms with Crippen LogP contribution in [0.3, 0.4) is 0 Å². The molecule has 20 heavy (non-hydrogen) atoms. The van der Waals surface area contributed by atoms with E-state index in [1.54, 1.807) is 0 Å². The van der Waals surface area contributed by atoms with Gasteiger partial charge in [-0.1, -0.05) is 32.0 Å². The largest absolute Gasteiger partial charge is 0.458 e. The van der Waals surface area contributed by atoms with E-state index in [0.29, 0.717) is 18.3 Å². The number of fused-ring (bicyclic) bond motifs is 1. The highest BCUT2D eigenvalue weighted by Crippen LogP contribution is 2.26. The van der Waals surface area contributed by atoms with Gasteiger partial charge in [-0.15, -0.1) is 0 Å². The van der Waals surface area contributed by atoms with Crippen molar-refractivity contribution < 1.29 is 17.9 Å². The van der Waals surface area contributed by atoms with Crippen LogP contribution in [0.4, 0.5) is 8.78 Å². The monoisotopic (exact) mass is 283 g/mol. The van der Waals surface area contributed by atoms with Crippen LogP contribution in [0.15, 0.2) is 28.7 Å². The van der Waals surface area contributed by atoms with E-state index in [1.807, 2.05) is 24.3 Å². The fourth-order valence-corrected chi connectivity index (χ4v) is 2.01. The number of benzene rings is 1. The van der Waals surface area contributed by atoms with Crippen molar-refractivity contribution in [3.05, 3.63) is 35.6 Å². The Balaban J connectivity index is 2.19. The lowest BCUT2D eigenvalue weighted by atomic mass is 10.1. The Morgan fingerprint density at radius 3 is 2.70 bits per heavy atom. The van der Waals surface area contributed by atoms with Crippen LogP contribution >= 0.6 is 0 Å². The summed E-state index contributed by atoms with van der Waals surface area (Å²) < 4.78 is 34.9. The van der Waals surface area contributed by atoms with E-state index >= 15 is 0 Å². The molecule has 0 atom stereocenters. The summed E-state index contributed by atoms with van der Waals surface area (Å²) in [6.07, 6.45) is -2.46. The van der Waals surface area contributed by atoms with Crippen molar-refractivity contribution in [2.24, 2.45) is 0 Å². The number of hydrogen-bond acceptors (Lipinski definition) is 3. The number of halogens is 2. The molecule has 0 unspecified atom stereocenters. The van der Waals surface area contributed by atoms with E-state index in [4.69, 9.17) is 9.15 Å². The summed E-state index contributed by atoms with van der Waals surface area (Å²) >= 11 is 0. The zero-order chi connectivity index (χ0) is 14.5. The summed E-state index contributed by atoms with van der Waals surface area (Å²) in [6.45, 7) is 4.22. The fraction of sp³-hybridized carbons (Fsp3) is 0.467. The highest BCUT2D eigenvalue weighted by atomic mass is 19.3. The molecule has 1 heterocycles. The van der Waals surface area contributed by atoms with Gasteiger partial charge in [0.1, 0.15) is 24.6 Å². The molecule has 0 radical (unpaired) electrons. The molecule has 1 aromatic heterocycles. The van der Waals surface area contributed by atoms with Crippen LogP contribution in [-0.4, -0.2) is 19.1 Å². The summed E-state index contributed by atoms with van der Waals surface area (Å²) in [5.41, 5.74) is 1.73. The van der Waals surface area contributed by atoms with Crippen LogP contribution in [0.25, 0.3) is 11.0 Å². The Labute approximate surface area is 116 Å². The first kappa shape index (κ1) is 14.9. The Kier molecular flexibility index (Phi) is 5.09. The van der Waals surface area contributed by atoms with Crippen LogP contribution < -0.4 is 5.32 Å². The molecule has 2 rings (SSSR count). The molecule has 0 saturated heterocycles. The maximum Gasteiger partial charge on any atom is 0.261 e. The second-order valence-corrected chi connectivity index (χ2v) is 4.94. The van der Waals surface area contributed by atoms with Crippen LogP contribution in [0.2, 0.25) is 0 Å². The molecule has 5 heteroatoms. The van der Waals surface area contributed by atoms with Gasteiger partial charge in [0.15, 0.2) is 0 Å². The molecule has 0 spiro atoms. The minimum absolute atomic E-state index is 0.0636. The molecule has 2 aromatic rings. The topological polar surface area (TPSA) is 34.4 Å². The summed E-state index contributed by atoms with van der Waals surface area (Å²) in [5, 5.41) is 4.31. The van der Waals surface area contributed by atoms with E-state index in [0.717, 1.165) is 16.5 Å². The van der Waals surface area contributed by atoms with Gasteiger partial charge in [-0.2, -0.15) is 0 Å². The second kappa shape index (κ2) is 6.81. The molecular formula is C15H19F2NO2. The number of para-hydroxylation sites is 1. The van der Waals surface area contributed by atoms with Crippen LogP contribution in [-0.2, 0) is 17.9 Å². The zero-order valence-corrected chi connectivity index (χ0v) is 11.7. The van der Waals surface area contributed by atoms with Crippen molar-refractivity contribution in [1.82, 2.24) is 5.32 Å². The predicted octanol–water partition coefficient (Wildman–Crippen LogP) is 3.71. The molecule has 0 aliphatic carbocycles. The van der Waals surface area contributed by atoms with Crippen molar-refractivity contribution in [2.45, 2.75) is 39.5 Å². The third-order valence-corrected chi connectivity index (χ3v) is 2.95. The molecule has 1 N–H and O–H groups in total. The van der Waals surface area contributed by atoms with E-state index in [9.17, 15) is 8.78 Å². The van der Waals surface area contributed by atoms with Gasteiger partial charge in [-0.3, -0.25) is 0 Å². The van der Waals surface area contributed by atoms with Crippen molar-refractivity contribution in [1.29, 1.82) is 0 Å². The average molecular weight is 283 g/mol. The van der Waals surface area contributed by atoms with E-state index in [1.165, 1.54) is 0 Å². The van der Waals surface area contributed by atoms with Crippen molar-refractivity contribution in [3.63, 3.8) is 0 Å². The van der Waals surface area contributed by atoms with Crippen LogP contribution in [0.1, 0.15) is 25.2 Å². The maximum atomic E-state index is 12.1. The van der Waals surface area contributed by atoms with Gasteiger partial charge >= 0.3 is 0 Å². The molecular weight excluding hydrogens is 264 g/mol. The number of hydrogen-bond donors (Lipinski definition) is 1. The molecule has 0 saturated carbocycles. The highest BCUT2D eigenvalue weighted by molar-refractivity contribution is 5.82. The maximum absolute atomic E-state index is 12.1. The van der Waals surface area contributed by atoms with Crippen molar-refractivity contribution in [3.8, 4) is 0 Å². The average Bonchev–Trinajstić information content (AvgIpc) is 2.73. The molecule has 0 bridgehead atoms. The minimum atomic E-state index is -2.46. The molecule has 110 valence electrons. The number of alkyl halides is 2. The van der Waals surface area contributed by atoms with Gasteiger partial charge in [0, 0.05) is 23.5 Å². The summed E-state index contributed by atoms with van der Waals surface area (Å²) in [5.74, 6) is 0.611. The summed E-state index contributed by atoms with van der Waals surface area (Å²) in [7, 11) is 0. The highest BCUT2D eigenvalue weighted by Gasteiger charge is 2.14. The first-order valence-electron chi connectivity index (χ1n) is 6.66. The summed E-state index contributed by atoms with van der Waals surface area (Å²) in [6, 6.07) is 7.98. The fourth-order valence-electron chi connectivity index (χ4n) is 2.01. The van der Waals surface area contributed by atoms with E-state index in [2.05, 4.69) is 19.2 Å². The van der Waals surface area contributed by atoms with Gasteiger partial charge in [0.25, 0.3) is 6.43 Å². The SMILES string of the molecule is CC(C)NCc1c(COCC(F)F)oc2ccccc12. The molecule has 3 nitrogen and oxygen atoms in total. The Bertz CT molecular complexity index is 552. The van der Waals surface area contributed by atoms with Crippen LogP contribution in [0.5, 0.6) is 0 Å². The second-order valence-electron chi connectivity index (χ2n) is 4.94. The van der Waals surface area contributed by atoms with Gasteiger partial charge in [-0.05, 0) is 6.07 Å². The number of furan rings is 1. The zero-order valence-electron chi connectivity index (χ0n) is 11.7. The smallest absolute Gasteiger partial charge is 0.261 e. The molecule has 0 amide bonds. The Morgan fingerprint density at radius 2 is 2.00 bits per heavy atom. The van der Waals surface area contributed by atoms with Crippen molar-refractivity contribution >= 4 is 11.0 Å². The standard InChI is InChI=1S/C15H19F2NO2/c1-10(2)18-7-12-11-5-3-4-6-13(11)20-14(12)8-19-9-15(16)17/h3-6,10,15,18H,7-9H2,1-2H3. The first-order valence-corrected chi connectivity index (χ1v) is 6.66. The summed E-state index contributed by atoms with van der Waals surface area (Å²) in [4.78, 5) is 0. The third-order valence-electron chi connectivity index (χ3n) is 2.95. The Morgan fingerprint density at radius 1 is 1.25 bits per heavy atom. The lowest BCUT2D eigenvalue weighted by molar-refractivity contribution is 0.00459. The van der Waals surface area contributed by atoms with E-state index in [-0.39, 0.29) is 6.61 Å². The Hall–Kier alpha value is -1.46. The van der Waals surface area contributed by atoms with Gasteiger partial charge < -0.3 is 14.5 Å². The lowest BCUT2D eigenvalue weighted by Crippen LogP contribution is -2.22. The molecule has 1 aromatic carbocycles. The molecule has 0 fully saturated rings. The predicted molar refractivity (Wildman–Crippen MR) is 73.8 cm³/mol. The minimum Gasteiger partial charge on any atom is -0.458 e. The van der Waals surface area contributed by atoms with Gasteiger partial charge in [0.05, 0.1) is 0 Å². The van der Waals surface area contributed by atoms with Crippen molar-refractivity contribution in [2.75, 3.05) is 6.61 Å². The van der Waals surface area contributed by atoms with Gasteiger partial charge in [0.2, 0.25) is 0 Å². The molecule has 0 aliphatic heterocycles. The lowest BCUT2D eigenvalue weighted by Gasteiger charge is -2.09. The van der Waals surface area contributed by atoms with E-state index < -0.39 is 13.0 Å². The number of ether oxygens (including phenoxy) is 1. The number of rotatable bonds is 7. The first-order chi connectivity index (χ1) is 9.58. The normalized spacial score (nSPS) is 11.9. The quantitative estimate of drug-likeness (QED) is 0.841. The van der Waals surface area contributed by atoms with Gasteiger partial charge in [-0.25, -0.2) is 8.78 Å². The number of nitrogens with one attached hydrogen (secondary N) is 1.